The maximum atomic E-state index is 13.1. The standard InChI is InChI=1S/C17H20F3N3OS/c1-16(2,3)22-14(24)10-7-8-23(9-10)15-21-13-11(17(18,19)20)5-4-6-12(13)25-15/h4-6,10H,7-9H2,1-3H3,(H,22,24). The van der Waals surface area contributed by atoms with Gasteiger partial charge in [-0.1, -0.05) is 17.4 Å². The minimum atomic E-state index is -4.43. The van der Waals surface area contributed by atoms with Gasteiger partial charge < -0.3 is 10.2 Å². The molecular weight excluding hydrogens is 351 g/mol. The van der Waals surface area contributed by atoms with E-state index in [1.54, 1.807) is 6.07 Å². The number of amides is 1. The number of fused-ring (bicyclic) bond motifs is 1. The smallest absolute Gasteiger partial charge is 0.351 e. The maximum absolute atomic E-state index is 13.1. The van der Waals surface area contributed by atoms with Crippen LogP contribution in [0.25, 0.3) is 10.2 Å². The van der Waals surface area contributed by atoms with Crippen LogP contribution < -0.4 is 10.2 Å². The molecule has 1 aromatic carbocycles. The Morgan fingerprint density at radius 3 is 2.68 bits per heavy atom. The molecule has 0 aliphatic carbocycles. The predicted molar refractivity (Wildman–Crippen MR) is 92.8 cm³/mol. The number of anilines is 1. The molecule has 136 valence electrons. The average Bonchev–Trinajstić information content (AvgIpc) is 3.10. The molecule has 1 aliphatic rings. The molecule has 2 heterocycles. The quantitative estimate of drug-likeness (QED) is 0.866. The summed E-state index contributed by atoms with van der Waals surface area (Å²) in [7, 11) is 0. The molecule has 1 fully saturated rings. The van der Waals surface area contributed by atoms with Crippen molar-refractivity contribution in [3.63, 3.8) is 0 Å². The number of benzene rings is 1. The number of para-hydroxylation sites is 1. The minimum Gasteiger partial charge on any atom is -0.351 e. The van der Waals surface area contributed by atoms with Crippen LogP contribution in [0, 0.1) is 5.92 Å². The van der Waals surface area contributed by atoms with Crippen molar-refractivity contribution < 1.29 is 18.0 Å². The van der Waals surface area contributed by atoms with Gasteiger partial charge >= 0.3 is 6.18 Å². The molecule has 1 unspecified atom stereocenters. The van der Waals surface area contributed by atoms with E-state index in [1.165, 1.54) is 17.4 Å². The van der Waals surface area contributed by atoms with Crippen LogP contribution >= 0.6 is 11.3 Å². The molecule has 8 heteroatoms. The van der Waals surface area contributed by atoms with E-state index in [1.807, 2.05) is 25.7 Å². The van der Waals surface area contributed by atoms with Crippen LogP contribution in [0.3, 0.4) is 0 Å². The third-order valence-electron chi connectivity index (χ3n) is 4.04. The van der Waals surface area contributed by atoms with Crippen molar-refractivity contribution in [3.8, 4) is 0 Å². The van der Waals surface area contributed by atoms with E-state index in [0.717, 1.165) is 6.07 Å². The van der Waals surface area contributed by atoms with Gasteiger partial charge in [0.2, 0.25) is 5.91 Å². The number of thiazole rings is 1. The van der Waals surface area contributed by atoms with Crippen LogP contribution in [0.1, 0.15) is 32.8 Å². The lowest BCUT2D eigenvalue weighted by Crippen LogP contribution is -2.44. The molecule has 2 aromatic rings. The normalized spacial score (nSPS) is 18.8. The lowest BCUT2D eigenvalue weighted by Gasteiger charge is -2.23. The largest absolute Gasteiger partial charge is 0.418 e. The zero-order valence-electron chi connectivity index (χ0n) is 14.3. The number of hydrogen-bond donors (Lipinski definition) is 1. The number of hydrogen-bond acceptors (Lipinski definition) is 4. The zero-order chi connectivity index (χ0) is 18.4. The highest BCUT2D eigenvalue weighted by molar-refractivity contribution is 7.22. The van der Waals surface area contributed by atoms with Gasteiger partial charge in [-0.15, -0.1) is 0 Å². The summed E-state index contributed by atoms with van der Waals surface area (Å²) in [6.07, 6.45) is -3.76. The van der Waals surface area contributed by atoms with E-state index in [4.69, 9.17) is 0 Å². The van der Waals surface area contributed by atoms with Crippen molar-refractivity contribution in [2.24, 2.45) is 5.92 Å². The Labute approximate surface area is 148 Å². The summed E-state index contributed by atoms with van der Waals surface area (Å²) in [6, 6.07) is 4.09. The third-order valence-corrected chi connectivity index (χ3v) is 5.12. The summed E-state index contributed by atoms with van der Waals surface area (Å²) in [5.41, 5.74) is -1.03. The fourth-order valence-corrected chi connectivity index (χ4v) is 3.95. The molecule has 1 atom stereocenters. The van der Waals surface area contributed by atoms with Crippen LogP contribution in [0.5, 0.6) is 0 Å². The van der Waals surface area contributed by atoms with Crippen LogP contribution in [-0.4, -0.2) is 29.5 Å². The molecule has 1 saturated heterocycles. The lowest BCUT2D eigenvalue weighted by atomic mass is 10.0. The number of aromatic nitrogens is 1. The van der Waals surface area contributed by atoms with E-state index in [9.17, 15) is 18.0 Å². The first-order chi connectivity index (χ1) is 11.5. The molecular formula is C17H20F3N3OS. The van der Waals surface area contributed by atoms with Gasteiger partial charge in [0.05, 0.1) is 21.7 Å². The Hall–Kier alpha value is -1.83. The van der Waals surface area contributed by atoms with Crippen molar-refractivity contribution in [3.05, 3.63) is 23.8 Å². The first-order valence-electron chi connectivity index (χ1n) is 8.08. The van der Waals surface area contributed by atoms with Crippen LogP contribution in [0.15, 0.2) is 18.2 Å². The second-order valence-electron chi connectivity index (χ2n) is 7.32. The number of carbonyl (C=O) groups excluding carboxylic acids is 1. The second-order valence-corrected chi connectivity index (χ2v) is 8.33. The minimum absolute atomic E-state index is 0.0161. The van der Waals surface area contributed by atoms with Gasteiger partial charge in [-0.05, 0) is 39.3 Å². The SMILES string of the molecule is CC(C)(C)NC(=O)C1CCN(c2nc3c(C(F)(F)F)cccc3s2)C1. The Morgan fingerprint density at radius 2 is 2.04 bits per heavy atom. The van der Waals surface area contributed by atoms with Gasteiger partial charge in [0.15, 0.2) is 5.13 Å². The summed E-state index contributed by atoms with van der Waals surface area (Å²) in [5.74, 6) is -0.194. The van der Waals surface area contributed by atoms with Crippen molar-refractivity contribution in [1.82, 2.24) is 10.3 Å². The maximum Gasteiger partial charge on any atom is 0.418 e. The number of halogens is 3. The van der Waals surface area contributed by atoms with Crippen molar-refractivity contribution in [1.29, 1.82) is 0 Å². The molecule has 0 saturated carbocycles. The van der Waals surface area contributed by atoms with Crippen molar-refractivity contribution in [2.75, 3.05) is 18.0 Å². The molecule has 1 aliphatic heterocycles. The first-order valence-corrected chi connectivity index (χ1v) is 8.90. The fourth-order valence-electron chi connectivity index (χ4n) is 2.92. The number of nitrogens with one attached hydrogen (secondary N) is 1. The van der Waals surface area contributed by atoms with E-state index in [2.05, 4.69) is 10.3 Å². The van der Waals surface area contributed by atoms with Gasteiger partial charge in [-0.25, -0.2) is 4.98 Å². The predicted octanol–water partition coefficient (Wildman–Crippen LogP) is 4.06. The van der Waals surface area contributed by atoms with E-state index in [-0.39, 0.29) is 22.9 Å². The molecule has 25 heavy (non-hydrogen) atoms. The Balaban J connectivity index is 1.81. The van der Waals surface area contributed by atoms with Gasteiger partial charge in [0, 0.05) is 18.6 Å². The first kappa shape index (κ1) is 18.0. The average molecular weight is 371 g/mol. The summed E-state index contributed by atoms with van der Waals surface area (Å²) >= 11 is 1.23. The van der Waals surface area contributed by atoms with Crippen molar-refractivity contribution in [2.45, 2.75) is 38.9 Å². The van der Waals surface area contributed by atoms with Gasteiger partial charge in [-0.2, -0.15) is 13.2 Å². The highest BCUT2D eigenvalue weighted by atomic mass is 32.1. The number of nitrogens with zero attached hydrogens (tertiary/aromatic N) is 2. The van der Waals surface area contributed by atoms with E-state index < -0.39 is 11.7 Å². The second kappa shape index (κ2) is 6.16. The molecule has 1 amide bonds. The molecule has 3 rings (SSSR count). The number of carbonyl (C=O) groups is 1. The highest BCUT2D eigenvalue weighted by Gasteiger charge is 2.35. The topological polar surface area (TPSA) is 45.2 Å². The van der Waals surface area contributed by atoms with E-state index in [0.29, 0.717) is 29.3 Å². The van der Waals surface area contributed by atoms with Gasteiger partial charge in [-0.3, -0.25) is 4.79 Å². The van der Waals surface area contributed by atoms with Crippen LogP contribution in [0.4, 0.5) is 18.3 Å². The number of rotatable bonds is 2. The Kier molecular flexibility index (Phi) is 4.43. The Morgan fingerprint density at radius 1 is 1.32 bits per heavy atom. The van der Waals surface area contributed by atoms with E-state index >= 15 is 0 Å². The molecule has 4 nitrogen and oxygen atoms in total. The molecule has 0 radical (unpaired) electrons. The molecule has 1 N–H and O–H groups in total. The fraction of sp³-hybridized carbons (Fsp3) is 0.529. The zero-order valence-corrected chi connectivity index (χ0v) is 15.1. The lowest BCUT2D eigenvalue weighted by molar-refractivity contribution is -0.136. The molecule has 0 bridgehead atoms. The van der Waals surface area contributed by atoms with Crippen molar-refractivity contribution >= 4 is 32.6 Å². The highest BCUT2D eigenvalue weighted by Crippen LogP contribution is 2.39. The van der Waals surface area contributed by atoms with Crippen LogP contribution in [-0.2, 0) is 11.0 Å². The monoisotopic (exact) mass is 371 g/mol. The summed E-state index contributed by atoms with van der Waals surface area (Å²) in [6.45, 7) is 6.85. The molecule has 1 aromatic heterocycles. The summed E-state index contributed by atoms with van der Waals surface area (Å²) < 4.78 is 39.9. The third kappa shape index (κ3) is 3.89. The summed E-state index contributed by atoms with van der Waals surface area (Å²) in [5, 5.41) is 3.50. The van der Waals surface area contributed by atoms with Gasteiger partial charge in [0.25, 0.3) is 0 Å². The summed E-state index contributed by atoms with van der Waals surface area (Å²) in [4.78, 5) is 18.4. The van der Waals surface area contributed by atoms with Crippen LogP contribution in [0.2, 0.25) is 0 Å². The molecule has 0 spiro atoms. The Bertz CT molecular complexity index is 795. The van der Waals surface area contributed by atoms with Gasteiger partial charge in [0.1, 0.15) is 0 Å². The number of alkyl halides is 3.